The van der Waals surface area contributed by atoms with Gasteiger partial charge in [-0.05, 0) is 25.7 Å². The van der Waals surface area contributed by atoms with Crippen molar-refractivity contribution in [3.8, 4) is 0 Å². The third-order valence-corrected chi connectivity index (χ3v) is 1.76. The third kappa shape index (κ3) is 9.97. The molecule has 0 aliphatic heterocycles. The number of rotatable bonds is 2. The van der Waals surface area contributed by atoms with Crippen LogP contribution in [-0.2, 0) is 14.1 Å². The summed E-state index contributed by atoms with van der Waals surface area (Å²) in [6.07, 6.45) is 0.186. The summed E-state index contributed by atoms with van der Waals surface area (Å²) >= 11 is 0. The predicted octanol–water partition coefficient (Wildman–Crippen LogP) is 0.809. The minimum Gasteiger partial charge on any atom is -0.458 e. The molecule has 1 fully saturated rings. The molecular formula is C7H13F2O6P. The van der Waals surface area contributed by atoms with Crippen LogP contribution >= 0.6 is 7.82 Å². The van der Waals surface area contributed by atoms with Crippen molar-refractivity contribution in [2.24, 2.45) is 0 Å². The van der Waals surface area contributed by atoms with Gasteiger partial charge in [0.2, 0.25) is 0 Å². The second-order valence-electron chi connectivity index (χ2n) is 3.16. The average Bonchev–Trinajstić information content (AvgIpc) is 2.53. The molecule has 0 aromatic rings. The lowest BCUT2D eigenvalue weighted by Gasteiger charge is -2.09. The Hall–Kier alpha value is -0.560. The van der Waals surface area contributed by atoms with Gasteiger partial charge in [-0.15, -0.1) is 0 Å². The molecule has 0 atom stereocenters. The first-order chi connectivity index (χ1) is 7.20. The van der Waals surface area contributed by atoms with Crippen LogP contribution in [0.5, 0.6) is 0 Å². The summed E-state index contributed by atoms with van der Waals surface area (Å²) in [5.74, 6) is -1.38. The molecule has 0 saturated heterocycles. The summed E-state index contributed by atoms with van der Waals surface area (Å²) in [5.41, 5.74) is 0. The van der Waals surface area contributed by atoms with Gasteiger partial charge in [-0.1, -0.05) is 0 Å². The summed E-state index contributed by atoms with van der Waals surface area (Å²) in [5, 5.41) is 0. The van der Waals surface area contributed by atoms with E-state index in [1.807, 2.05) is 0 Å². The van der Waals surface area contributed by atoms with Crippen LogP contribution in [0.1, 0.15) is 25.7 Å². The molecule has 0 spiro atoms. The van der Waals surface area contributed by atoms with Crippen LogP contribution in [0.2, 0.25) is 0 Å². The lowest BCUT2D eigenvalue weighted by atomic mass is 10.3. The van der Waals surface area contributed by atoms with E-state index in [0.29, 0.717) is 0 Å². The zero-order chi connectivity index (χ0) is 12.8. The van der Waals surface area contributed by atoms with E-state index in [0.717, 1.165) is 25.7 Å². The van der Waals surface area contributed by atoms with Crippen molar-refractivity contribution in [3.05, 3.63) is 0 Å². The van der Waals surface area contributed by atoms with Crippen LogP contribution in [0, 0.1) is 0 Å². The standard InChI is InChI=1S/C7H10F2O2.H3O4P/c8-6(9)7(10)11-5-3-1-2-4-5;1-5(2,3)4/h5-6H,1-4H2;(H3,1,2,3,4). The quantitative estimate of drug-likeness (QED) is 0.502. The van der Waals surface area contributed by atoms with Gasteiger partial charge in [0, 0.05) is 0 Å². The molecule has 0 heterocycles. The largest absolute Gasteiger partial charge is 0.466 e. The summed E-state index contributed by atoms with van der Waals surface area (Å²) in [6.45, 7) is 0. The molecule has 0 bridgehead atoms. The van der Waals surface area contributed by atoms with Crippen molar-refractivity contribution < 1.29 is 37.6 Å². The number of alkyl halides is 2. The van der Waals surface area contributed by atoms with Crippen LogP contribution in [-0.4, -0.2) is 33.2 Å². The fourth-order valence-electron chi connectivity index (χ4n) is 1.22. The molecule has 0 unspecified atom stereocenters. The number of carbonyl (C=O) groups excluding carboxylic acids is 1. The van der Waals surface area contributed by atoms with E-state index in [1.165, 1.54) is 0 Å². The fourth-order valence-corrected chi connectivity index (χ4v) is 1.22. The van der Waals surface area contributed by atoms with E-state index in [9.17, 15) is 13.6 Å². The normalized spacial score (nSPS) is 16.9. The van der Waals surface area contributed by atoms with Gasteiger partial charge in [0.15, 0.2) is 0 Å². The molecule has 0 amide bonds. The number of carbonyl (C=O) groups is 1. The third-order valence-electron chi connectivity index (χ3n) is 1.76. The first kappa shape index (κ1) is 15.4. The highest BCUT2D eigenvalue weighted by Gasteiger charge is 2.24. The predicted molar refractivity (Wildman–Crippen MR) is 48.6 cm³/mol. The van der Waals surface area contributed by atoms with Gasteiger partial charge in [0.1, 0.15) is 6.10 Å². The monoisotopic (exact) mass is 262 g/mol. The SMILES string of the molecule is O=C(OC1CCCC1)C(F)F.O=P(O)(O)O. The van der Waals surface area contributed by atoms with Crippen molar-refractivity contribution in [1.29, 1.82) is 0 Å². The van der Waals surface area contributed by atoms with Gasteiger partial charge in [0.25, 0.3) is 0 Å². The van der Waals surface area contributed by atoms with Crippen molar-refractivity contribution in [2.75, 3.05) is 0 Å². The molecule has 1 aliphatic rings. The molecular weight excluding hydrogens is 249 g/mol. The molecule has 96 valence electrons. The van der Waals surface area contributed by atoms with Gasteiger partial charge < -0.3 is 19.4 Å². The molecule has 0 aromatic carbocycles. The summed E-state index contributed by atoms with van der Waals surface area (Å²) < 4.78 is 36.6. The van der Waals surface area contributed by atoms with Crippen molar-refractivity contribution >= 4 is 13.8 Å². The zero-order valence-electron chi connectivity index (χ0n) is 8.25. The molecule has 1 aliphatic carbocycles. The number of hydrogen-bond acceptors (Lipinski definition) is 3. The Morgan fingerprint density at radius 3 is 1.94 bits per heavy atom. The lowest BCUT2D eigenvalue weighted by molar-refractivity contribution is -0.161. The van der Waals surface area contributed by atoms with Gasteiger partial charge in [0.05, 0.1) is 0 Å². The number of hydrogen-bond donors (Lipinski definition) is 3. The highest BCUT2D eigenvalue weighted by Crippen LogP contribution is 2.25. The number of esters is 1. The van der Waals surface area contributed by atoms with Gasteiger partial charge >= 0.3 is 20.2 Å². The molecule has 0 radical (unpaired) electrons. The molecule has 3 N–H and O–H groups in total. The molecule has 9 heteroatoms. The summed E-state index contributed by atoms with van der Waals surface area (Å²) in [4.78, 5) is 31.9. The highest BCUT2D eigenvalue weighted by atomic mass is 31.2. The van der Waals surface area contributed by atoms with E-state index < -0.39 is 20.2 Å². The van der Waals surface area contributed by atoms with Crippen molar-refractivity contribution in [1.82, 2.24) is 0 Å². The zero-order valence-corrected chi connectivity index (χ0v) is 9.15. The molecule has 1 rings (SSSR count). The Bertz CT molecular complexity index is 251. The van der Waals surface area contributed by atoms with Crippen LogP contribution in [0.3, 0.4) is 0 Å². The Kier molecular flexibility index (Phi) is 6.66. The van der Waals surface area contributed by atoms with E-state index in [1.54, 1.807) is 0 Å². The molecule has 0 aromatic heterocycles. The van der Waals surface area contributed by atoms with E-state index in [-0.39, 0.29) is 6.10 Å². The maximum atomic E-state index is 11.6. The second-order valence-corrected chi connectivity index (χ2v) is 4.18. The van der Waals surface area contributed by atoms with Crippen LogP contribution in [0.15, 0.2) is 0 Å². The van der Waals surface area contributed by atoms with Gasteiger partial charge in [-0.25, -0.2) is 9.36 Å². The van der Waals surface area contributed by atoms with Crippen LogP contribution in [0.4, 0.5) is 8.78 Å². The lowest BCUT2D eigenvalue weighted by Crippen LogP contribution is -2.20. The highest BCUT2D eigenvalue weighted by molar-refractivity contribution is 7.45. The number of phosphoric acid groups is 1. The molecule has 1 saturated carbocycles. The minimum atomic E-state index is -4.64. The first-order valence-corrected chi connectivity index (χ1v) is 6.03. The Balaban J connectivity index is 0.000000385. The summed E-state index contributed by atoms with van der Waals surface area (Å²) in [6, 6.07) is 0. The maximum Gasteiger partial charge on any atom is 0.466 e. The Morgan fingerprint density at radius 2 is 1.62 bits per heavy atom. The smallest absolute Gasteiger partial charge is 0.458 e. The fraction of sp³-hybridized carbons (Fsp3) is 0.857. The van der Waals surface area contributed by atoms with E-state index in [2.05, 4.69) is 4.74 Å². The Morgan fingerprint density at radius 1 is 1.25 bits per heavy atom. The first-order valence-electron chi connectivity index (χ1n) is 4.47. The molecule has 6 nitrogen and oxygen atoms in total. The topological polar surface area (TPSA) is 104 Å². The second kappa shape index (κ2) is 6.90. The maximum absolute atomic E-state index is 11.6. The van der Waals surface area contributed by atoms with Crippen LogP contribution in [0.25, 0.3) is 0 Å². The van der Waals surface area contributed by atoms with Crippen molar-refractivity contribution in [2.45, 2.75) is 38.2 Å². The van der Waals surface area contributed by atoms with Crippen LogP contribution < -0.4 is 0 Å². The number of halogens is 2. The van der Waals surface area contributed by atoms with E-state index >= 15 is 0 Å². The van der Waals surface area contributed by atoms with Gasteiger partial charge in [-0.2, -0.15) is 8.78 Å². The van der Waals surface area contributed by atoms with Crippen molar-refractivity contribution in [3.63, 3.8) is 0 Å². The molecule has 16 heavy (non-hydrogen) atoms. The Labute approximate surface area is 90.5 Å². The van der Waals surface area contributed by atoms with Gasteiger partial charge in [-0.3, -0.25) is 0 Å². The van der Waals surface area contributed by atoms with E-state index in [4.69, 9.17) is 19.2 Å². The average molecular weight is 262 g/mol. The number of ether oxygens (including phenoxy) is 1. The minimum absolute atomic E-state index is 0.253. The summed E-state index contributed by atoms with van der Waals surface area (Å²) in [7, 11) is -4.64.